The lowest BCUT2D eigenvalue weighted by atomic mass is 10.0. The first kappa shape index (κ1) is 19.4. The molecule has 4 heteroatoms. The molecule has 0 radical (unpaired) electrons. The van der Waals surface area contributed by atoms with Crippen molar-refractivity contribution in [3.63, 3.8) is 0 Å². The quantitative estimate of drug-likeness (QED) is 0.319. The second kappa shape index (κ2) is 8.21. The first-order chi connectivity index (χ1) is 14.5. The van der Waals surface area contributed by atoms with E-state index in [1.807, 2.05) is 38.1 Å². The standard InChI is InChI=1S/C26H20O4/c1-17-3-11-23(12-4-17)29-25(27)21-9-7-20-16-22(10-8-19(20)15-21)26(28)30-24-13-5-18(2)6-14-24/h3-16H,1-2H3. The highest BCUT2D eigenvalue weighted by atomic mass is 16.5. The van der Waals surface area contributed by atoms with Crippen LogP contribution in [-0.2, 0) is 0 Å². The maximum absolute atomic E-state index is 12.4. The summed E-state index contributed by atoms with van der Waals surface area (Å²) < 4.78 is 10.9. The minimum atomic E-state index is -0.427. The van der Waals surface area contributed by atoms with Crippen LogP contribution in [0, 0.1) is 13.8 Å². The van der Waals surface area contributed by atoms with Crippen LogP contribution in [0.2, 0.25) is 0 Å². The minimum Gasteiger partial charge on any atom is -0.423 e. The van der Waals surface area contributed by atoms with Gasteiger partial charge in [0.25, 0.3) is 0 Å². The number of carbonyl (C=O) groups is 2. The zero-order chi connectivity index (χ0) is 21.1. The molecule has 4 aromatic rings. The molecule has 30 heavy (non-hydrogen) atoms. The Morgan fingerprint density at radius 2 is 0.900 bits per heavy atom. The summed E-state index contributed by atoms with van der Waals surface area (Å²) >= 11 is 0. The van der Waals surface area contributed by atoms with Crippen molar-refractivity contribution < 1.29 is 19.1 Å². The molecule has 0 amide bonds. The average Bonchev–Trinajstić information content (AvgIpc) is 2.76. The van der Waals surface area contributed by atoms with Crippen molar-refractivity contribution in [2.45, 2.75) is 13.8 Å². The fourth-order valence-electron chi connectivity index (χ4n) is 3.04. The fraction of sp³-hybridized carbons (Fsp3) is 0.0769. The monoisotopic (exact) mass is 396 g/mol. The van der Waals surface area contributed by atoms with Gasteiger partial charge in [-0.1, -0.05) is 47.5 Å². The zero-order valence-electron chi connectivity index (χ0n) is 16.7. The van der Waals surface area contributed by atoms with Gasteiger partial charge in [-0.3, -0.25) is 0 Å². The molecule has 0 aliphatic rings. The van der Waals surface area contributed by atoms with Gasteiger partial charge < -0.3 is 9.47 Å². The number of ether oxygens (including phenoxy) is 2. The highest BCUT2D eigenvalue weighted by Crippen LogP contribution is 2.21. The summed E-state index contributed by atoms with van der Waals surface area (Å²) in [6, 6.07) is 25.1. The summed E-state index contributed by atoms with van der Waals surface area (Å²) in [7, 11) is 0. The molecule has 0 atom stereocenters. The summed E-state index contributed by atoms with van der Waals surface area (Å²) in [4.78, 5) is 24.9. The Labute approximate surface area is 174 Å². The smallest absolute Gasteiger partial charge is 0.343 e. The van der Waals surface area contributed by atoms with Crippen molar-refractivity contribution in [1.29, 1.82) is 0 Å². The number of hydrogen-bond donors (Lipinski definition) is 0. The Bertz CT molecular complexity index is 1120. The number of esters is 2. The van der Waals surface area contributed by atoms with Crippen LogP contribution in [0.1, 0.15) is 31.8 Å². The van der Waals surface area contributed by atoms with Crippen LogP contribution in [0.5, 0.6) is 11.5 Å². The minimum absolute atomic E-state index is 0.427. The van der Waals surface area contributed by atoms with Gasteiger partial charge in [0.15, 0.2) is 0 Å². The Kier molecular flexibility index (Phi) is 5.31. The third-order valence-electron chi connectivity index (χ3n) is 4.77. The lowest BCUT2D eigenvalue weighted by Gasteiger charge is -2.08. The number of carbonyl (C=O) groups excluding carboxylic acids is 2. The second-order valence-corrected chi connectivity index (χ2v) is 7.18. The van der Waals surface area contributed by atoms with Gasteiger partial charge in [0.1, 0.15) is 11.5 Å². The number of aryl methyl sites for hydroxylation is 2. The molecule has 0 bridgehead atoms. The van der Waals surface area contributed by atoms with Crippen molar-refractivity contribution in [3.8, 4) is 11.5 Å². The van der Waals surface area contributed by atoms with E-state index in [2.05, 4.69) is 0 Å². The topological polar surface area (TPSA) is 52.6 Å². The molecule has 4 aromatic carbocycles. The molecule has 4 rings (SSSR count). The van der Waals surface area contributed by atoms with Crippen LogP contribution in [-0.4, -0.2) is 11.9 Å². The van der Waals surface area contributed by atoms with Crippen LogP contribution in [0.3, 0.4) is 0 Å². The van der Waals surface area contributed by atoms with Gasteiger partial charge in [-0.25, -0.2) is 9.59 Å². The van der Waals surface area contributed by atoms with E-state index in [0.717, 1.165) is 21.9 Å². The van der Waals surface area contributed by atoms with Gasteiger partial charge in [0.2, 0.25) is 0 Å². The summed E-state index contributed by atoms with van der Waals surface area (Å²) in [5.41, 5.74) is 3.07. The number of fused-ring (bicyclic) bond motifs is 1. The molecule has 0 heterocycles. The summed E-state index contributed by atoms with van der Waals surface area (Å²) in [5, 5.41) is 1.67. The first-order valence-electron chi connectivity index (χ1n) is 9.59. The van der Waals surface area contributed by atoms with Gasteiger partial charge in [-0.05, 0) is 73.2 Å². The van der Waals surface area contributed by atoms with Crippen molar-refractivity contribution in [1.82, 2.24) is 0 Å². The molecule has 148 valence electrons. The lowest BCUT2D eigenvalue weighted by molar-refractivity contribution is 0.0725. The number of rotatable bonds is 4. The fourth-order valence-corrected chi connectivity index (χ4v) is 3.04. The largest absolute Gasteiger partial charge is 0.423 e. The summed E-state index contributed by atoms with van der Waals surface area (Å²) in [5.74, 6) is 0.145. The van der Waals surface area contributed by atoms with E-state index >= 15 is 0 Å². The van der Waals surface area contributed by atoms with E-state index < -0.39 is 11.9 Å². The van der Waals surface area contributed by atoms with Crippen LogP contribution < -0.4 is 9.47 Å². The Balaban J connectivity index is 1.51. The lowest BCUT2D eigenvalue weighted by Crippen LogP contribution is -2.09. The van der Waals surface area contributed by atoms with E-state index in [1.165, 1.54) is 0 Å². The molecule has 0 saturated heterocycles. The van der Waals surface area contributed by atoms with E-state index in [-0.39, 0.29) is 0 Å². The Hall–Kier alpha value is -3.92. The normalized spacial score (nSPS) is 10.6. The summed E-state index contributed by atoms with van der Waals surface area (Å²) in [6.07, 6.45) is 0. The molecule has 0 aliphatic heterocycles. The summed E-state index contributed by atoms with van der Waals surface area (Å²) in [6.45, 7) is 3.94. The number of benzene rings is 4. The van der Waals surface area contributed by atoms with Gasteiger partial charge in [0.05, 0.1) is 11.1 Å². The molecule has 0 N–H and O–H groups in total. The van der Waals surface area contributed by atoms with E-state index in [0.29, 0.717) is 22.6 Å². The predicted molar refractivity (Wildman–Crippen MR) is 116 cm³/mol. The highest BCUT2D eigenvalue weighted by molar-refractivity contribution is 5.99. The van der Waals surface area contributed by atoms with Crippen molar-refractivity contribution in [2.24, 2.45) is 0 Å². The SMILES string of the molecule is Cc1ccc(OC(=O)c2ccc3cc(C(=O)Oc4ccc(C)cc4)ccc3c2)cc1. The van der Waals surface area contributed by atoms with E-state index in [9.17, 15) is 9.59 Å². The van der Waals surface area contributed by atoms with Gasteiger partial charge in [-0.2, -0.15) is 0 Å². The van der Waals surface area contributed by atoms with Crippen LogP contribution in [0.4, 0.5) is 0 Å². The molecule has 0 aliphatic carbocycles. The third-order valence-corrected chi connectivity index (χ3v) is 4.77. The molecule has 0 saturated carbocycles. The first-order valence-corrected chi connectivity index (χ1v) is 9.59. The van der Waals surface area contributed by atoms with Gasteiger partial charge >= 0.3 is 11.9 Å². The van der Waals surface area contributed by atoms with Gasteiger partial charge in [-0.15, -0.1) is 0 Å². The molecule has 0 unspecified atom stereocenters. The third kappa shape index (κ3) is 4.39. The predicted octanol–water partition coefficient (Wildman–Crippen LogP) is 5.90. The van der Waals surface area contributed by atoms with Crippen LogP contribution in [0.25, 0.3) is 10.8 Å². The number of hydrogen-bond acceptors (Lipinski definition) is 4. The molecule has 0 fully saturated rings. The Morgan fingerprint density at radius 3 is 1.27 bits per heavy atom. The van der Waals surface area contributed by atoms with Crippen molar-refractivity contribution in [3.05, 3.63) is 107 Å². The average molecular weight is 396 g/mol. The molecule has 4 nitrogen and oxygen atoms in total. The molecular weight excluding hydrogens is 376 g/mol. The van der Waals surface area contributed by atoms with E-state index in [1.54, 1.807) is 60.7 Å². The Morgan fingerprint density at radius 1 is 0.533 bits per heavy atom. The molecule has 0 aromatic heterocycles. The van der Waals surface area contributed by atoms with Crippen molar-refractivity contribution >= 4 is 22.7 Å². The van der Waals surface area contributed by atoms with Crippen LogP contribution in [0.15, 0.2) is 84.9 Å². The van der Waals surface area contributed by atoms with Crippen LogP contribution >= 0.6 is 0 Å². The van der Waals surface area contributed by atoms with Crippen molar-refractivity contribution in [2.75, 3.05) is 0 Å². The molecular formula is C26H20O4. The maximum Gasteiger partial charge on any atom is 0.343 e. The highest BCUT2D eigenvalue weighted by Gasteiger charge is 2.12. The van der Waals surface area contributed by atoms with E-state index in [4.69, 9.17) is 9.47 Å². The maximum atomic E-state index is 12.4. The van der Waals surface area contributed by atoms with Gasteiger partial charge in [0, 0.05) is 0 Å². The second-order valence-electron chi connectivity index (χ2n) is 7.18. The molecule has 0 spiro atoms. The zero-order valence-corrected chi connectivity index (χ0v) is 16.7.